The molecule has 0 amide bonds. The van der Waals surface area contributed by atoms with Gasteiger partial charge in [0.25, 0.3) is 0 Å². The minimum Gasteiger partial charge on any atom is -0.487 e. The van der Waals surface area contributed by atoms with Gasteiger partial charge in [-0.3, -0.25) is 4.68 Å². The van der Waals surface area contributed by atoms with Crippen molar-refractivity contribution in [3.05, 3.63) is 46.0 Å². The second-order valence-electron chi connectivity index (χ2n) is 4.21. The quantitative estimate of drug-likeness (QED) is 0.942. The molecule has 0 aliphatic rings. The SMILES string of the molecule is Cc1nn(C)c(COc2ccc(C(=O)O)c(F)c2)c1Cl. The third kappa shape index (κ3) is 2.75. The summed E-state index contributed by atoms with van der Waals surface area (Å²) in [5.41, 5.74) is 0.943. The molecule has 0 bridgehead atoms. The molecule has 0 fully saturated rings. The molecule has 0 aliphatic heterocycles. The van der Waals surface area contributed by atoms with Crippen LogP contribution in [0.3, 0.4) is 0 Å². The van der Waals surface area contributed by atoms with Gasteiger partial charge in [0.2, 0.25) is 0 Å². The fourth-order valence-electron chi connectivity index (χ4n) is 1.75. The first-order chi connectivity index (χ1) is 9.40. The number of halogens is 2. The molecular formula is C13H12ClFN2O3. The van der Waals surface area contributed by atoms with E-state index in [0.29, 0.717) is 16.4 Å². The Bertz CT molecular complexity index is 670. The Balaban J connectivity index is 2.15. The monoisotopic (exact) mass is 298 g/mol. The van der Waals surface area contributed by atoms with E-state index in [-0.39, 0.29) is 12.4 Å². The molecular weight excluding hydrogens is 287 g/mol. The average molecular weight is 299 g/mol. The fraction of sp³-hybridized carbons (Fsp3) is 0.231. The van der Waals surface area contributed by atoms with E-state index in [1.54, 1.807) is 18.7 Å². The molecule has 5 nitrogen and oxygen atoms in total. The van der Waals surface area contributed by atoms with Crippen molar-refractivity contribution in [3.63, 3.8) is 0 Å². The number of rotatable bonds is 4. The number of carboxylic acid groups (broad SMARTS) is 1. The maximum absolute atomic E-state index is 13.5. The van der Waals surface area contributed by atoms with Crippen LogP contribution in [0.5, 0.6) is 5.75 Å². The van der Waals surface area contributed by atoms with Crippen molar-refractivity contribution in [3.8, 4) is 5.75 Å². The molecule has 2 rings (SSSR count). The lowest BCUT2D eigenvalue weighted by molar-refractivity contribution is 0.0692. The predicted octanol–water partition coefficient (Wildman–Crippen LogP) is 2.80. The molecule has 0 aliphatic carbocycles. The summed E-state index contributed by atoms with van der Waals surface area (Å²) in [6, 6.07) is 3.58. The van der Waals surface area contributed by atoms with E-state index in [0.717, 1.165) is 12.1 Å². The van der Waals surface area contributed by atoms with Crippen molar-refractivity contribution in [1.82, 2.24) is 9.78 Å². The van der Waals surface area contributed by atoms with Crippen LogP contribution in [0.2, 0.25) is 5.02 Å². The van der Waals surface area contributed by atoms with Crippen molar-refractivity contribution in [2.45, 2.75) is 13.5 Å². The molecule has 0 unspecified atom stereocenters. The number of hydrogen-bond donors (Lipinski definition) is 1. The van der Waals surface area contributed by atoms with E-state index in [1.807, 2.05) is 0 Å². The van der Waals surface area contributed by atoms with Gasteiger partial charge < -0.3 is 9.84 Å². The Morgan fingerprint density at radius 1 is 1.55 bits per heavy atom. The lowest BCUT2D eigenvalue weighted by Crippen LogP contribution is -2.05. The van der Waals surface area contributed by atoms with E-state index >= 15 is 0 Å². The van der Waals surface area contributed by atoms with Gasteiger partial charge in [-0.15, -0.1) is 0 Å². The largest absolute Gasteiger partial charge is 0.487 e. The first kappa shape index (κ1) is 14.3. The second-order valence-corrected chi connectivity index (χ2v) is 4.58. The minimum absolute atomic E-state index is 0.113. The predicted molar refractivity (Wildman–Crippen MR) is 70.6 cm³/mol. The number of ether oxygens (including phenoxy) is 1. The molecule has 0 saturated carbocycles. The number of hydrogen-bond acceptors (Lipinski definition) is 3. The highest BCUT2D eigenvalue weighted by atomic mass is 35.5. The van der Waals surface area contributed by atoms with Crippen molar-refractivity contribution in [2.75, 3.05) is 0 Å². The van der Waals surface area contributed by atoms with Gasteiger partial charge >= 0.3 is 5.97 Å². The Kier molecular flexibility index (Phi) is 3.94. The van der Waals surface area contributed by atoms with Crippen LogP contribution in [0.25, 0.3) is 0 Å². The minimum atomic E-state index is -1.32. The summed E-state index contributed by atoms with van der Waals surface area (Å²) in [7, 11) is 1.73. The number of nitrogens with zero attached hydrogens (tertiary/aromatic N) is 2. The highest BCUT2D eigenvalue weighted by Crippen LogP contribution is 2.22. The Hall–Kier alpha value is -2.08. The lowest BCUT2D eigenvalue weighted by Gasteiger charge is -2.08. The summed E-state index contributed by atoms with van der Waals surface area (Å²) in [5, 5.41) is 13.4. The summed E-state index contributed by atoms with van der Waals surface area (Å²) in [5.74, 6) is -1.94. The zero-order chi connectivity index (χ0) is 14.9. The molecule has 1 heterocycles. The van der Waals surface area contributed by atoms with Gasteiger partial charge in [-0.25, -0.2) is 9.18 Å². The second kappa shape index (κ2) is 5.50. The maximum Gasteiger partial charge on any atom is 0.338 e. The van der Waals surface area contributed by atoms with Gasteiger partial charge in [-0.1, -0.05) is 11.6 Å². The molecule has 1 aromatic heterocycles. The van der Waals surface area contributed by atoms with E-state index in [2.05, 4.69) is 5.10 Å². The summed E-state index contributed by atoms with van der Waals surface area (Å²) >= 11 is 6.06. The van der Waals surface area contributed by atoms with Crippen molar-refractivity contribution < 1.29 is 19.0 Å². The highest BCUT2D eigenvalue weighted by Gasteiger charge is 2.13. The smallest absolute Gasteiger partial charge is 0.338 e. The number of aromatic carboxylic acids is 1. The zero-order valence-electron chi connectivity index (χ0n) is 10.9. The lowest BCUT2D eigenvalue weighted by atomic mass is 10.2. The molecule has 0 saturated heterocycles. The van der Waals surface area contributed by atoms with Gasteiger partial charge in [0, 0.05) is 13.1 Å². The van der Waals surface area contributed by atoms with E-state index in [1.165, 1.54) is 6.07 Å². The molecule has 7 heteroatoms. The number of aryl methyl sites for hydroxylation is 2. The molecule has 0 radical (unpaired) electrons. The molecule has 20 heavy (non-hydrogen) atoms. The van der Waals surface area contributed by atoms with Gasteiger partial charge in [-0.2, -0.15) is 5.10 Å². The van der Waals surface area contributed by atoms with Crippen LogP contribution in [0.1, 0.15) is 21.7 Å². The molecule has 106 valence electrons. The van der Waals surface area contributed by atoms with Gasteiger partial charge in [0.1, 0.15) is 18.2 Å². The zero-order valence-corrected chi connectivity index (χ0v) is 11.6. The van der Waals surface area contributed by atoms with Crippen LogP contribution >= 0.6 is 11.6 Å². The van der Waals surface area contributed by atoms with Crippen LogP contribution < -0.4 is 4.74 Å². The van der Waals surface area contributed by atoms with Crippen LogP contribution in [-0.4, -0.2) is 20.9 Å². The van der Waals surface area contributed by atoms with Crippen LogP contribution in [0, 0.1) is 12.7 Å². The van der Waals surface area contributed by atoms with Crippen LogP contribution in [0.4, 0.5) is 4.39 Å². The van der Waals surface area contributed by atoms with Gasteiger partial charge in [0.05, 0.1) is 22.0 Å². The summed E-state index contributed by atoms with van der Waals surface area (Å²) < 4.78 is 20.5. The molecule has 1 aromatic carbocycles. The van der Waals surface area contributed by atoms with E-state index in [9.17, 15) is 9.18 Å². The van der Waals surface area contributed by atoms with Crippen LogP contribution in [-0.2, 0) is 13.7 Å². The average Bonchev–Trinajstić information content (AvgIpc) is 2.61. The molecule has 2 aromatic rings. The van der Waals surface area contributed by atoms with E-state index in [4.69, 9.17) is 21.4 Å². The van der Waals surface area contributed by atoms with E-state index < -0.39 is 17.3 Å². The topological polar surface area (TPSA) is 64.4 Å². The molecule has 1 N–H and O–H groups in total. The van der Waals surface area contributed by atoms with Gasteiger partial charge in [0.15, 0.2) is 0 Å². The van der Waals surface area contributed by atoms with Crippen molar-refractivity contribution in [2.24, 2.45) is 7.05 Å². The van der Waals surface area contributed by atoms with Gasteiger partial charge in [-0.05, 0) is 19.1 Å². The highest BCUT2D eigenvalue weighted by molar-refractivity contribution is 6.31. The molecule has 0 atom stereocenters. The maximum atomic E-state index is 13.5. The number of carbonyl (C=O) groups is 1. The van der Waals surface area contributed by atoms with Crippen LogP contribution in [0.15, 0.2) is 18.2 Å². The number of carboxylic acids is 1. The fourth-order valence-corrected chi connectivity index (χ4v) is 1.96. The van der Waals surface area contributed by atoms with Crippen molar-refractivity contribution >= 4 is 17.6 Å². The Morgan fingerprint density at radius 2 is 2.25 bits per heavy atom. The molecule has 0 spiro atoms. The number of benzene rings is 1. The summed E-state index contributed by atoms with van der Waals surface area (Å²) in [6.07, 6.45) is 0. The standard InChI is InChI=1S/C13H12ClFN2O3/c1-7-12(14)11(17(2)16-7)6-20-8-3-4-9(13(18)19)10(15)5-8/h3-5H,6H2,1-2H3,(H,18,19). The Labute approximate surface area is 119 Å². The normalized spacial score (nSPS) is 10.6. The number of aromatic nitrogens is 2. The Morgan fingerprint density at radius 3 is 2.75 bits per heavy atom. The first-order valence-electron chi connectivity index (χ1n) is 5.73. The summed E-state index contributed by atoms with van der Waals surface area (Å²) in [4.78, 5) is 10.7. The third-order valence-corrected chi connectivity index (χ3v) is 3.30. The first-order valence-corrected chi connectivity index (χ1v) is 6.11. The third-order valence-electron chi connectivity index (χ3n) is 2.81. The van der Waals surface area contributed by atoms with Crippen molar-refractivity contribution in [1.29, 1.82) is 0 Å². The summed E-state index contributed by atoms with van der Waals surface area (Å²) in [6.45, 7) is 1.88.